The van der Waals surface area contributed by atoms with E-state index in [1.54, 1.807) is 6.92 Å². The molecule has 1 saturated heterocycles. The van der Waals surface area contributed by atoms with E-state index in [1.165, 1.54) is 36.4 Å². The van der Waals surface area contributed by atoms with Crippen LogP contribution in [-0.2, 0) is 4.74 Å². The van der Waals surface area contributed by atoms with Crippen LogP contribution in [0.25, 0.3) is 0 Å². The molecule has 2 atom stereocenters. The number of carbonyl (C=O) groups excluding carboxylic acids is 2. The summed E-state index contributed by atoms with van der Waals surface area (Å²) in [5.41, 5.74) is 6.11. The van der Waals surface area contributed by atoms with E-state index < -0.39 is 35.7 Å². The molecule has 32 heavy (non-hydrogen) atoms. The normalized spacial score (nSPS) is 17.8. The summed E-state index contributed by atoms with van der Waals surface area (Å²) in [5.74, 6) is -1.73. The molecular formula is C22H24FN3O6. The summed E-state index contributed by atoms with van der Waals surface area (Å²) in [6.07, 6.45) is -1.10. The van der Waals surface area contributed by atoms with Crippen molar-refractivity contribution in [2.45, 2.75) is 19.0 Å². The maximum absolute atomic E-state index is 14.4. The van der Waals surface area contributed by atoms with Crippen molar-refractivity contribution in [2.75, 3.05) is 26.5 Å². The predicted octanol–water partition coefficient (Wildman–Crippen LogP) is 1.85. The van der Waals surface area contributed by atoms with E-state index in [-0.39, 0.29) is 42.3 Å². The topological polar surface area (TPSA) is 131 Å². The van der Waals surface area contributed by atoms with Crippen LogP contribution in [0, 0.1) is 5.82 Å². The molecule has 0 spiro atoms. The van der Waals surface area contributed by atoms with Gasteiger partial charge in [0.25, 0.3) is 5.91 Å². The Labute approximate surface area is 183 Å². The highest BCUT2D eigenvalue weighted by Gasteiger charge is 2.34. The van der Waals surface area contributed by atoms with Gasteiger partial charge in [-0.25, -0.2) is 9.18 Å². The first-order valence-electron chi connectivity index (χ1n) is 10.00. The number of halogens is 1. The van der Waals surface area contributed by atoms with E-state index in [0.717, 1.165) is 11.0 Å². The Bertz CT molecular complexity index is 998. The molecule has 0 saturated carbocycles. The minimum absolute atomic E-state index is 0.0588. The van der Waals surface area contributed by atoms with Crippen LogP contribution in [0.5, 0.6) is 5.75 Å². The number of ether oxygens (including phenoxy) is 2. The fourth-order valence-corrected chi connectivity index (χ4v) is 3.34. The summed E-state index contributed by atoms with van der Waals surface area (Å²) in [4.78, 5) is 37.6. The van der Waals surface area contributed by atoms with Crippen molar-refractivity contribution in [3.8, 4) is 5.75 Å². The number of nitrogens with two attached hydrogens (primary N) is 1. The number of hydrogen-bond donors (Lipinski definition) is 3. The zero-order valence-corrected chi connectivity index (χ0v) is 17.4. The van der Waals surface area contributed by atoms with E-state index in [9.17, 15) is 18.8 Å². The average Bonchev–Trinajstić information content (AvgIpc) is 3.14. The zero-order valence-electron chi connectivity index (χ0n) is 17.4. The molecule has 3 rings (SSSR count). The summed E-state index contributed by atoms with van der Waals surface area (Å²) in [5, 5.41) is 11.8. The van der Waals surface area contributed by atoms with Gasteiger partial charge in [-0.15, -0.1) is 0 Å². The number of carbonyl (C=O) groups is 3. The third-order valence-corrected chi connectivity index (χ3v) is 5.07. The monoisotopic (exact) mass is 445 g/mol. The summed E-state index contributed by atoms with van der Waals surface area (Å²) >= 11 is 0. The fourth-order valence-electron chi connectivity index (χ4n) is 3.34. The zero-order chi connectivity index (χ0) is 23.3. The van der Waals surface area contributed by atoms with Crippen molar-refractivity contribution in [2.24, 2.45) is 5.73 Å². The molecule has 1 aliphatic heterocycles. The summed E-state index contributed by atoms with van der Waals surface area (Å²) in [6.45, 7) is 2.28. The van der Waals surface area contributed by atoms with Gasteiger partial charge in [0.1, 0.15) is 17.1 Å². The SMILES string of the molecule is CCOCOc1cccc(F)c1C(=O)c1ccc(C(=O)N[C@@H]2CN(C(=O)O)C[C@H]2N)cc1. The van der Waals surface area contributed by atoms with Crippen molar-refractivity contribution in [3.05, 3.63) is 65.0 Å². The van der Waals surface area contributed by atoms with Crippen LogP contribution in [0.15, 0.2) is 42.5 Å². The lowest BCUT2D eigenvalue weighted by molar-refractivity contribution is 0.0218. The molecule has 10 heteroatoms. The Hall–Kier alpha value is -3.50. The van der Waals surface area contributed by atoms with Crippen molar-refractivity contribution >= 4 is 17.8 Å². The van der Waals surface area contributed by atoms with E-state index in [4.69, 9.17) is 20.3 Å². The quantitative estimate of drug-likeness (QED) is 0.321. The molecule has 2 aromatic carbocycles. The van der Waals surface area contributed by atoms with Crippen LogP contribution in [0.1, 0.15) is 33.2 Å². The third kappa shape index (κ3) is 5.21. The largest absolute Gasteiger partial charge is 0.467 e. The number of likely N-dealkylation sites (tertiary alicyclic amines) is 1. The van der Waals surface area contributed by atoms with Gasteiger partial charge >= 0.3 is 6.09 Å². The smallest absolute Gasteiger partial charge is 0.407 e. The van der Waals surface area contributed by atoms with Crippen LogP contribution >= 0.6 is 0 Å². The second-order valence-electron chi connectivity index (χ2n) is 7.21. The van der Waals surface area contributed by atoms with Gasteiger partial charge in [0.05, 0.1) is 6.04 Å². The van der Waals surface area contributed by atoms with Gasteiger partial charge in [0.2, 0.25) is 0 Å². The van der Waals surface area contributed by atoms with Gasteiger partial charge in [0.15, 0.2) is 12.6 Å². The summed E-state index contributed by atoms with van der Waals surface area (Å²) in [6, 6.07) is 8.70. The van der Waals surface area contributed by atoms with Crippen molar-refractivity contribution < 1.29 is 33.4 Å². The lowest BCUT2D eigenvalue weighted by Crippen LogP contribution is -2.46. The number of rotatable bonds is 8. The molecule has 4 N–H and O–H groups in total. The fraction of sp³-hybridized carbons (Fsp3) is 0.318. The molecule has 0 aliphatic carbocycles. The highest BCUT2D eigenvalue weighted by molar-refractivity contribution is 6.11. The van der Waals surface area contributed by atoms with Crippen LogP contribution < -0.4 is 15.8 Å². The number of amides is 2. The Morgan fingerprint density at radius 1 is 1.16 bits per heavy atom. The number of ketones is 1. The van der Waals surface area contributed by atoms with Crippen molar-refractivity contribution in [3.63, 3.8) is 0 Å². The average molecular weight is 445 g/mol. The minimum atomic E-state index is -1.10. The van der Waals surface area contributed by atoms with Crippen LogP contribution in [0.2, 0.25) is 0 Å². The van der Waals surface area contributed by atoms with Crippen LogP contribution in [0.4, 0.5) is 9.18 Å². The Morgan fingerprint density at radius 2 is 1.84 bits per heavy atom. The highest BCUT2D eigenvalue weighted by Crippen LogP contribution is 2.25. The molecule has 0 aromatic heterocycles. The highest BCUT2D eigenvalue weighted by atomic mass is 19.1. The maximum atomic E-state index is 14.4. The number of nitrogens with zero attached hydrogens (tertiary/aromatic N) is 1. The number of benzene rings is 2. The van der Waals surface area contributed by atoms with Gasteiger partial charge in [-0.3, -0.25) is 9.59 Å². The molecule has 1 fully saturated rings. The first kappa shape index (κ1) is 23.2. The molecule has 2 aromatic rings. The molecular weight excluding hydrogens is 421 g/mol. The van der Waals surface area contributed by atoms with Gasteiger partial charge in [-0.2, -0.15) is 0 Å². The molecule has 0 bridgehead atoms. The summed E-state index contributed by atoms with van der Waals surface area (Å²) in [7, 11) is 0. The number of hydrogen-bond acceptors (Lipinski definition) is 6. The second-order valence-corrected chi connectivity index (χ2v) is 7.21. The van der Waals surface area contributed by atoms with Crippen LogP contribution in [0.3, 0.4) is 0 Å². The standard InChI is InChI=1S/C22H24FN3O6/c1-2-31-12-32-18-5-3-4-15(23)19(18)20(27)13-6-8-14(9-7-13)21(28)25-17-11-26(22(29)30)10-16(17)24/h3-9,16-17H,2,10-12,24H2,1H3,(H,25,28)(H,29,30)/t16-,17-/m1/s1. The van der Waals surface area contributed by atoms with Gasteiger partial charge in [-0.05, 0) is 31.2 Å². The summed E-state index contributed by atoms with van der Waals surface area (Å²) < 4.78 is 24.9. The number of carboxylic acid groups (broad SMARTS) is 1. The lowest BCUT2D eigenvalue weighted by Gasteiger charge is -2.16. The molecule has 1 aliphatic rings. The molecule has 170 valence electrons. The molecule has 0 radical (unpaired) electrons. The first-order chi connectivity index (χ1) is 15.3. The molecule has 1 heterocycles. The minimum Gasteiger partial charge on any atom is -0.467 e. The molecule has 9 nitrogen and oxygen atoms in total. The van der Waals surface area contributed by atoms with Crippen LogP contribution in [-0.4, -0.2) is 66.4 Å². The Balaban J connectivity index is 1.71. The van der Waals surface area contributed by atoms with E-state index in [0.29, 0.717) is 6.61 Å². The maximum Gasteiger partial charge on any atom is 0.407 e. The van der Waals surface area contributed by atoms with Crippen molar-refractivity contribution in [1.82, 2.24) is 10.2 Å². The Morgan fingerprint density at radius 3 is 2.47 bits per heavy atom. The second kappa shape index (κ2) is 10.2. The predicted molar refractivity (Wildman–Crippen MR) is 112 cm³/mol. The molecule has 0 unspecified atom stereocenters. The van der Waals surface area contributed by atoms with Crippen molar-refractivity contribution in [1.29, 1.82) is 0 Å². The van der Waals surface area contributed by atoms with Gasteiger partial charge in [-0.1, -0.05) is 18.2 Å². The number of nitrogens with one attached hydrogen (secondary N) is 1. The Kier molecular flexibility index (Phi) is 7.39. The van der Waals surface area contributed by atoms with E-state index >= 15 is 0 Å². The van der Waals surface area contributed by atoms with E-state index in [1.807, 2.05) is 0 Å². The first-order valence-corrected chi connectivity index (χ1v) is 10.00. The van der Waals surface area contributed by atoms with E-state index in [2.05, 4.69) is 5.32 Å². The molecule has 2 amide bonds. The van der Waals surface area contributed by atoms with Gasteiger partial charge in [0, 0.05) is 36.9 Å². The lowest BCUT2D eigenvalue weighted by atomic mass is 10.0. The van der Waals surface area contributed by atoms with Gasteiger partial charge < -0.3 is 30.5 Å². The third-order valence-electron chi connectivity index (χ3n) is 5.07.